The molecule has 0 aliphatic carbocycles. The Bertz CT molecular complexity index is 653. The smallest absolute Gasteiger partial charge is 0.337 e. The van der Waals surface area contributed by atoms with Crippen molar-refractivity contribution in [2.45, 2.75) is 13.0 Å². The van der Waals surface area contributed by atoms with Gasteiger partial charge in [0.15, 0.2) is 0 Å². The fraction of sp³-hybridized carbons (Fsp3) is 0.333. The van der Waals surface area contributed by atoms with Crippen molar-refractivity contribution >= 4 is 12.0 Å². The van der Waals surface area contributed by atoms with Crippen molar-refractivity contribution in [1.29, 1.82) is 0 Å². The molecule has 0 spiro atoms. The Labute approximate surface area is 126 Å². The lowest BCUT2D eigenvalue weighted by molar-refractivity contribution is -0.137. The number of esters is 1. The van der Waals surface area contributed by atoms with Gasteiger partial charge in [-0.15, -0.1) is 0 Å². The lowest BCUT2D eigenvalue weighted by Gasteiger charge is -2.39. The van der Waals surface area contributed by atoms with Gasteiger partial charge in [-0.3, -0.25) is 0 Å². The third-order valence-corrected chi connectivity index (χ3v) is 3.82. The number of allylic oxidation sites excluding steroid dienone is 1. The number of likely N-dealkylation sites (N-methyl/N-ethyl adjacent to an activating group) is 1. The predicted molar refractivity (Wildman–Crippen MR) is 74.7 cm³/mol. The maximum atomic E-state index is 14.1. The van der Waals surface area contributed by atoms with Crippen molar-refractivity contribution in [3.8, 4) is 0 Å². The van der Waals surface area contributed by atoms with Crippen LogP contribution in [0.25, 0.3) is 0 Å². The Morgan fingerprint density at radius 3 is 2.27 bits per heavy atom. The number of ether oxygens (including phenoxy) is 1. The molecule has 7 heteroatoms. The zero-order valence-electron chi connectivity index (χ0n) is 12.7. The molecule has 1 heterocycles. The van der Waals surface area contributed by atoms with E-state index >= 15 is 0 Å². The maximum absolute atomic E-state index is 14.1. The lowest BCUT2D eigenvalue weighted by Crippen LogP contribution is -2.47. The summed E-state index contributed by atoms with van der Waals surface area (Å²) in [6, 6.07) is 1.73. The molecular formula is C15H16F2N2O3. The standard InChI is InChI=1S/C15H16F2N2O3/c1-8-11(14(20)22-4)13(19(3)15(21)18(8)2)12-9(16)6-5-7-10(12)17/h5-7,13H,1-4H3/t13-/m1/s1. The van der Waals surface area contributed by atoms with Crippen LogP contribution in [0.15, 0.2) is 29.5 Å². The number of hydrogen-bond acceptors (Lipinski definition) is 3. The highest BCUT2D eigenvalue weighted by Gasteiger charge is 2.41. The van der Waals surface area contributed by atoms with Crippen molar-refractivity contribution < 1.29 is 23.1 Å². The summed E-state index contributed by atoms with van der Waals surface area (Å²) in [5.41, 5.74) is -0.0371. The van der Waals surface area contributed by atoms with Gasteiger partial charge in [-0.2, -0.15) is 0 Å². The monoisotopic (exact) mass is 310 g/mol. The molecule has 1 atom stereocenters. The minimum absolute atomic E-state index is 0.0242. The third kappa shape index (κ3) is 2.32. The summed E-state index contributed by atoms with van der Waals surface area (Å²) in [7, 11) is 4.03. The van der Waals surface area contributed by atoms with E-state index in [4.69, 9.17) is 4.74 Å². The van der Waals surface area contributed by atoms with Gasteiger partial charge in [0.05, 0.1) is 24.3 Å². The highest BCUT2D eigenvalue weighted by Crippen LogP contribution is 2.38. The molecule has 0 N–H and O–H groups in total. The van der Waals surface area contributed by atoms with E-state index in [1.165, 1.54) is 39.1 Å². The van der Waals surface area contributed by atoms with Crippen LogP contribution >= 0.6 is 0 Å². The number of hydrogen-bond donors (Lipinski definition) is 0. The molecule has 2 rings (SSSR count). The molecule has 0 fully saturated rings. The molecule has 118 valence electrons. The van der Waals surface area contributed by atoms with E-state index in [2.05, 4.69) is 0 Å². The van der Waals surface area contributed by atoms with Crippen LogP contribution in [-0.4, -0.2) is 43.0 Å². The van der Waals surface area contributed by atoms with E-state index < -0.39 is 29.7 Å². The van der Waals surface area contributed by atoms with E-state index in [0.29, 0.717) is 5.70 Å². The van der Waals surface area contributed by atoms with Crippen LogP contribution < -0.4 is 0 Å². The molecule has 2 amide bonds. The Hall–Kier alpha value is -2.44. The zero-order chi connectivity index (χ0) is 16.6. The van der Waals surface area contributed by atoms with Crippen molar-refractivity contribution in [3.63, 3.8) is 0 Å². The van der Waals surface area contributed by atoms with Crippen molar-refractivity contribution in [2.75, 3.05) is 21.2 Å². The van der Waals surface area contributed by atoms with E-state index in [9.17, 15) is 18.4 Å². The molecule has 0 aromatic heterocycles. The first-order valence-corrected chi connectivity index (χ1v) is 6.54. The summed E-state index contributed by atoms with van der Waals surface area (Å²) in [5, 5.41) is 0. The van der Waals surface area contributed by atoms with Crippen LogP contribution in [0.2, 0.25) is 0 Å². The average molecular weight is 310 g/mol. The number of benzene rings is 1. The summed E-state index contributed by atoms with van der Waals surface area (Å²) in [4.78, 5) is 26.7. The number of amides is 2. The van der Waals surface area contributed by atoms with Gasteiger partial charge in [-0.1, -0.05) is 6.07 Å². The summed E-state index contributed by atoms with van der Waals surface area (Å²) in [6.45, 7) is 1.53. The number of nitrogens with zero attached hydrogens (tertiary/aromatic N) is 2. The van der Waals surface area contributed by atoms with Gasteiger partial charge in [-0.25, -0.2) is 18.4 Å². The first kappa shape index (κ1) is 15.9. The molecule has 1 aromatic carbocycles. The molecule has 0 radical (unpaired) electrons. The predicted octanol–water partition coefficient (Wildman–Crippen LogP) is 2.45. The number of carbonyl (C=O) groups is 2. The largest absolute Gasteiger partial charge is 0.466 e. The number of halogens is 2. The van der Waals surface area contributed by atoms with Crippen LogP contribution in [0.4, 0.5) is 13.6 Å². The molecule has 0 saturated carbocycles. The third-order valence-electron chi connectivity index (χ3n) is 3.82. The summed E-state index contributed by atoms with van der Waals surface area (Å²) < 4.78 is 33.0. The molecule has 0 unspecified atom stereocenters. The van der Waals surface area contributed by atoms with Gasteiger partial charge in [0, 0.05) is 19.8 Å². The number of rotatable bonds is 2. The van der Waals surface area contributed by atoms with Crippen molar-refractivity contribution in [2.24, 2.45) is 0 Å². The van der Waals surface area contributed by atoms with Crippen molar-refractivity contribution in [1.82, 2.24) is 9.80 Å². The first-order valence-electron chi connectivity index (χ1n) is 6.54. The summed E-state index contributed by atoms with van der Waals surface area (Å²) >= 11 is 0. The summed E-state index contributed by atoms with van der Waals surface area (Å²) in [5.74, 6) is -2.40. The van der Waals surface area contributed by atoms with E-state index in [1.54, 1.807) is 0 Å². The van der Waals surface area contributed by atoms with Crippen LogP contribution in [0.5, 0.6) is 0 Å². The highest BCUT2D eigenvalue weighted by molar-refractivity contribution is 5.94. The molecule has 1 aromatic rings. The normalized spacial score (nSPS) is 18.8. The van der Waals surface area contributed by atoms with Gasteiger partial charge >= 0.3 is 12.0 Å². The van der Waals surface area contributed by atoms with Crippen LogP contribution in [0, 0.1) is 11.6 Å². The number of methoxy groups -OCH3 is 1. The maximum Gasteiger partial charge on any atom is 0.337 e. The Morgan fingerprint density at radius 1 is 1.23 bits per heavy atom. The van der Waals surface area contributed by atoms with Crippen molar-refractivity contribution in [3.05, 3.63) is 46.7 Å². The number of carbonyl (C=O) groups excluding carboxylic acids is 2. The molecule has 0 saturated heterocycles. The fourth-order valence-electron chi connectivity index (χ4n) is 2.54. The number of urea groups is 1. The van der Waals surface area contributed by atoms with Gasteiger partial charge in [0.2, 0.25) is 0 Å². The van der Waals surface area contributed by atoms with E-state index in [-0.39, 0.29) is 11.1 Å². The second-order valence-electron chi connectivity index (χ2n) is 4.98. The van der Waals surface area contributed by atoms with Crippen LogP contribution in [-0.2, 0) is 9.53 Å². The summed E-state index contributed by atoms with van der Waals surface area (Å²) in [6.07, 6.45) is 0. The quantitative estimate of drug-likeness (QED) is 0.788. The van der Waals surface area contributed by atoms with Crippen LogP contribution in [0.1, 0.15) is 18.5 Å². The van der Waals surface area contributed by atoms with Crippen LogP contribution in [0.3, 0.4) is 0 Å². The zero-order valence-corrected chi connectivity index (χ0v) is 12.7. The molecule has 22 heavy (non-hydrogen) atoms. The topological polar surface area (TPSA) is 49.9 Å². The van der Waals surface area contributed by atoms with E-state index in [1.807, 2.05) is 0 Å². The Morgan fingerprint density at radius 2 is 1.77 bits per heavy atom. The molecule has 1 aliphatic heterocycles. The lowest BCUT2D eigenvalue weighted by atomic mass is 9.93. The van der Waals surface area contributed by atoms with Gasteiger partial charge < -0.3 is 14.5 Å². The first-order chi connectivity index (χ1) is 10.3. The molecular weight excluding hydrogens is 294 g/mol. The molecule has 1 aliphatic rings. The minimum Gasteiger partial charge on any atom is -0.466 e. The fourth-order valence-corrected chi connectivity index (χ4v) is 2.54. The van der Waals surface area contributed by atoms with Gasteiger partial charge in [0.25, 0.3) is 0 Å². The molecule has 0 bridgehead atoms. The van der Waals surface area contributed by atoms with Gasteiger partial charge in [0.1, 0.15) is 11.6 Å². The second kappa shape index (κ2) is 5.75. The SMILES string of the molecule is COC(=O)C1=C(C)N(C)C(=O)N(C)[C@H]1c1c(F)cccc1F. The Balaban J connectivity index is 2.74. The Kier molecular flexibility index (Phi) is 4.16. The van der Waals surface area contributed by atoms with Gasteiger partial charge in [-0.05, 0) is 19.1 Å². The second-order valence-corrected chi connectivity index (χ2v) is 4.98. The molecule has 5 nitrogen and oxygen atoms in total. The highest BCUT2D eigenvalue weighted by atomic mass is 19.1. The minimum atomic E-state index is -1.18. The average Bonchev–Trinajstić information content (AvgIpc) is 2.49. The van der Waals surface area contributed by atoms with E-state index in [0.717, 1.165) is 17.0 Å².